The molecule has 2 aliphatic heterocycles. The smallest absolute Gasteiger partial charge is 0.253 e. The zero-order chi connectivity index (χ0) is 32.0. The third-order valence-corrected chi connectivity index (χ3v) is 11.7. The quantitative estimate of drug-likeness (QED) is 0.464. The van der Waals surface area contributed by atoms with Gasteiger partial charge in [-0.25, -0.2) is 0 Å². The average Bonchev–Trinajstić information content (AvgIpc) is 3.18. The van der Waals surface area contributed by atoms with E-state index in [9.17, 15) is 14.7 Å². The summed E-state index contributed by atoms with van der Waals surface area (Å²) in [6.45, 7) is 14.6. The van der Waals surface area contributed by atoms with Gasteiger partial charge in [0, 0.05) is 37.2 Å². The first-order valence-electron chi connectivity index (χ1n) is 17.0. The molecule has 2 aromatic carbocycles. The number of aliphatic hydroxyl groups excluding tert-OH is 1. The van der Waals surface area contributed by atoms with Crippen molar-refractivity contribution in [2.45, 2.75) is 84.7 Å². The van der Waals surface area contributed by atoms with Crippen LogP contribution < -0.4 is 5.32 Å². The molecule has 0 unspecified atom stereocenters. The van der Waals surface area contributed by atoms with Crippen molar-refractivity contribution < 1.29 is 19.5 Å². The molecule has 3 aliphatic carbocycles. The number of fused-ring (bicyclic) bond motifs is 2. The number of hydrogen-bond acceptors (Lipinski definition) is 6. The van der Waals surface area contributed by atoms with Crippen LogP contribution in [0, 0.1) is 29.1 Å². The van der Waals surface area contributed by atoms with Gasteiger partial charge in [0.25, 0.3) is 5.91 Å². The number of nitrogens with one attached hydrogen (secondary N) is 1. The van der Waals surface area contributed by atoms with Crippen molar-refractivity contribution in [3.05, 3.63) is 59.7 Å². The van der Waals surface area contributed by atoms with Crippen LogP contribution in [0.5, 0.6) is 0 Å². The Morgan fingerprint density at radius 2 is 1.76 bits per heavy atom. The first-order chi connectivity index (χ1) is 21.4. The zero-order valence-corrected chi connectivity index (χ0v) is 27.9. The molecule has 5 fully saturated rings. The number of likely N-dealkylation sites (N-methyl/N-ethyl adjacent to an activating group) is 1. The summed E-state index contributed by atoms with van der Waals surface area (Å²) in [6.07, 6.45) is 2.27. The van der Waals surface area contributed by atoms with Crippen LogP contribution in [0.4, 0.5) is 0 Å². The number of carbonyl (C=O) groups excluding carboxylic acids is 2. The third kappa shape index (κ3) is 6.31. The van der Waals surface area contributed by atoms with Crippen LogP contribution in [0.1, 0.15) is 69.8 Å². The topological polar surface area (TPSA) is 85.3 Å². The van der Waals surface area contributed by atoms with E-state index in [1.54, 1.807) is 12.0 Å². The summed E-state index contributed by atoms with van der Waals surface area (Å²) in [5.41, 5.74) is 4.05. The Kier molecular flexibility index (Phi) is 9.14. The van der Waals surface area contributed by atoms with E-state index in [-0.39, 0.29) is 29.9 Å². The molecule has 2 amide bonds. The summed E-state index contributed by atoms with van der Waals surface area (Å²) < 4.78 is 0. The Morgan fingerprint density at radius 1 is 1.02 bits per heavy atom. The molecule has 8 heteroatoms. The molecule has 244 valence electrons. The van der Waals surface area contributed by atoms with Crippen LogP contribution in [-0.4, -0.2) is 89.3 Å². The molecule has 2 saturated heterocycles. The lowest BCUT2D eigenvalue weighted by molar-refractivity contribution is -0.174. The van der Waals surface area contributed by atoms with Crippen LogP contribution in [0.15, 0.2) is 48.5 Å². The Hall–Kier alpha value is -2.78. The molecule has 8 nitrogen and oxygen atoms in total. The molecule has 5 aliphatic rings. The van der Waals surface area contributed by atoms with Gasteiger partial charge in [-0.1, -0.05) is 51.1 Å². The Labute approximate surface area is 269 Å². The minimum absolute atomic E-state index is 0.0525. The minimum Gasteiger partial charge on any atom is -0.393 e. The van der Waals surface area contributed by atoms with E-state index >= 15 is 0 Å². The number of carbonyl (C=O) groups is 2. The van der Waals surface area contributed by atoms with E-state index in [0.717, 1.165) is 55.7 Å². The molecule has 0 spiro atoms. The standard InChI is InChI=1S/C37H52N4O4/c1-23-31-20-30(37(31,4)5)21-32(23)38-35(43)34-33(24(2)42)25(3)45-41(34)22-26-10-7-11-27(18-26)28-12-8-13-29(19-28)36(44)40-15-9-14-39(6)16-17-40/h7-8,10-13,18-19,23-25,30-34,42H,9,14-17,20-22H2,1-6H3,(H,38,43)/t23-,24-,25-,30+,31-,32-,33+,34-/m0/s1. The highest BCUT2D eigenvalue weighted by atomic mass is 16.7. The van der Waals surface area contributed by atoms with Crippen LogP contribution in [0.25, 0.3) is 11.1 Å². The highest BCUT2D eigenvalue weighted by Crippen LogP contribution is 2.61. The number of rotatable bonds is 7. The van der Waals surface area contributed by atoms with Crippen LogP contribution in [0.3, 0.4) is 0 Å². The van der Waals surface area contributed by atoms with E-state index in [1.165, 1.54) is 6.42 Å². The lowest BCUT2D eigenvalue weighted by Crippen LogP contribution is -2.62. The lowest BCUT2D eigenvalue weighted by atomic mass is 9.45. The number of amides is 2. The second-order valence-electron chi connectivity index (χ2n) is 14.9. The third-order valence-electron chi connectivity index (χ3n) is 11.7. The second-order valence-corrected chi connectivity index (χ2v) is 14.9. The van der Waals surface area contributed by atoms with Crippen LogP contribution >= 0.6 is 0 Å². The first-order valence-corrected chi connectivity index (χ1v) is 17.0. The van der Waals surface area contributed by atoms with E-state index in [4.69, 9.17) is 4.84 Å². The van der Waals surface area contributed by atoms with E-state index in [0.29, 0.717) is 35.3 Å². The van der Waals surface area contributed by atoms with Crippen LogP contribution in [0.2, 0.25) is 0 Å². The fourth-order valence-electron chi connectivity index (χ4n) is 8.80. The largest absolute Gasteiger partial charge is 0.393 e. The highest BCUT2D eigenvalue weighted by molar-refractivity contribution is 5.95. The summed E-state index contributed by atoms with van der Waals surface area (Å²) >= 11 is 0. The summed E-state index contributed by atoms with van der Waals surface area (Å²) in [7, 11) is 2.11. The molecule has 0 aromatic heterocycles. The van der Waals surface area contributed by atoms with Gasteiger partial charge in [0.05, 0.1) is 18.8 Å². The fraction of sp³-hybridized carbons (Fsp3) is 0.622. The molecule has 8 atom stereocenters. The molecule has 45 heavy (non-hydrogen) atoms. The van der Waals surface area contributed by atoms with Crippen molar-refractivity contribution in [1.29, 1.82) is 0 Å². The molecule has 3 saturated carbocycles. The number of benzene rings is 2. The van der Waals surface area contributed by atoms with E-state index in [2.05, 4.69) is 50.2 Å². The molecule has 2 heterocycles. The monoisotopic (exact) mass is 616 g/mol. The van der Waals surface area contributed by atoms with Gasteiger partial charge in [-0.05, 0) is 105 Å². The maximum atomic E-state index is 14.0. The van der Waals surface area contributed by atoms with Gasteiger partial charge < -0.3 is 20.2 Å². The van der Waals surface area contributed by atoms with Gasteiger partial charge in [-0.15, -0.1) is 0 Å². The van der Waals surface area contributed by atoms with Crippen molar-refractivity contribution in [1.82, 2.24) is 20.2 Å². The van der Waals surface area contributed by atoms with Crippen molar-refractivity contribution in [2.75, 3.05) is 33.2 Å². The predicted molar refractivity (Wildman–Crippen MR) is 176 cm³/mol. The summed E-state index contributed by atoms with van der Waals surface area (Å²) in [5, 5.41) is 16.0. The lowest BCUT2D eigenvalue weighted by Gasteiger charge is -2.62. The molecule has 2 aromatic rings. The second kappa shape index (κ2) is 12.8. The maximum Gasteiger partial charge on any atom is 0.253 e. The Morgan fingerprint density at radius 3 is 2.47 bits per heavy atom. The molecular weight excluding hydrogens is 564 g/mol. The van der Waals surface area contributed by atoms with Crippen molar-refractivity contribution >= 4 is 11.8 Å². The number of aliphatic hydroxyl groups is 1. The van der Waals surface area contributed by atoms with Crippen molar-refractivity contribution in [2.24, 2.45) is 29.1 Å². The summed E-state index contributed by atoms with van der Waals surface area (Å²) in [6, 6.07) is 15.7. The maximum absolute atomic E-state index is 14.0. The summed E-state index contributed by atoms with van der Waals surface area (Å²) in [4.78, 5) is 37.9. The predicted octanol–water partition coefficient (Wildman–Crippen LogP) is 4.82. The highest BCUT2D eigenvalue weighted by Gasteiger charge is 2.57. The minimum atomic E-state index is -0.687. The van der Waals surface area contributed by atoms with Crippen molar-refractivity contribution in [3.8, 4) is 11.1 Å². The number of hydroxylamine groups is 2. The summed E-state index contributed by atoms with van der Waals surface area (Å²) in [5.74, 6) is 1.39. The van der Waals surface area contributed by atoms with E-state index < -0.39 is 12.1 Å². The van der Waals surface area contributed by atoms with Gasteiger partial charge in [0.15, 0.2) is 0 Å². The normalized spacial score (nSPS) is 32.4. The van der Waals surface area contributed by atoms with Gasteiger partial charge in [-0.2, -0.15) is 5.06 Å². The zero-order valence-electron chi connectivity index (χ0n) is 27.9. The van der Waals surface area contributed by atoms with Gasteiger partial charge in [0.1, 0.15) is 6.04 Å². The molecular formula is C37H52N4O4. The average molecular weight is 617 g/mol. The van der Waals surface area contributed by atoms with Crippen molar-refractivity contribution in [3.63, 3.8) is 0 Å². The Bertz CT molecular complexity index is 1390. The van der Waals surface area contributed by atoms with Gasteiger partial charge in [0.2, 0.25) is 5.91 Å². The molecule has 7 rings (SSSR count). The van der Waals surface area contributed by atoms with E-state index in [1.807, 2.05) is 48.2 Å². The number of hydrogen-bond donors (Lipinski definition) is 2. The van der Waals surface area contributed by atoms with Gasteiger partial charge in [-0.3, -0.25) is 14.4 Å². The molecule has 2 bridgehead atoms. The van der Waals surface area contributed by atoms with Gasteiger partial charge >= 0.3 is 0 Å². The first kappa shape index (κ1) is 32.2. The fourth-order valence-corrected chi connectivity index (χ4v) is 8.80. The number of nitrogens with zero attached hydrogens (tertiary/aromatic N) is 3. The van der Waals surface area contributed by atoms with Crippen LogP contribution in [-0.2, 0) is 16.2 Å². The molecule has 2 N–H and O–H groups in total. The molecule has 0 radical (unpaired) electrons. The Balaban J connectivity index is 1.18. The SMILES string of the molecule is C[C@@H]1[C@@H](NC(=O)[C@@H]2[C@H]([C@H](C)O)[C@H](C)ON2Cc2cccc(-c3cccc(C(=O)N4CCCN(C)CC4)c3)c2)C[C@H]2C[C@@H]1C2(C)C.